The summed E-state index contributed by atoms with van der Waals surface area (Å²) in [7, 11) is 1.87. The molecule has 4 aromatic heterocycles. The average molecular weight is 518 g/mol. The van der Waals surface area contributed by atoms with Gasteiger partial charge in [-0.15, -0.1) is 5.10 Å². The summed E-state index contributed by atoms with van der Waals surface area (Å²) in [6.45, 7) is 8.09. The SMILES string of the molecule is CCN1Cc2c(c(OCC#N)nn2CCO)/C=C/c2n[nH]c3cnc(cc23)-c2c(C)nn(C)c2OC(C)C1. The molecule has 0 fully saturated rings. The first kappa shape index (κ1) is 25.4. The van der Waals surface area contributed by atoms with Crippen LogP contribution in [0.2, 0.25) is 0 Å². The Morgan fingerprint density at radius 1 is 1.32 bits per heavy atom. The van der Waals surface area contributed by atoms with Crippen molar-refractivity contribution in [3.05, 3.63) is 34.9 Å². The number of aromatic amines is 1. The predicted molar refractivity (Wildman–Crippen MR) is 141 cm³/mol. The summed E-state index contributed by atoms with van der Waals surface area (Å²) in [5.74, 6) is 0.999. The highest BCUT2D eigenvalue weighted by Crippen LogP contribution is 2.35. The first-order chi connectivity index (χ1) is 18.4. The summed E-state index contributed by atoms with van der Waals surface area (Å²) in [5, 5.41) is 36.5. The summed E-state index contributed by atoms with van der Waals surface area (Å²) < 4.78 is 15.7. The number of nitrogens with one attached hydrogen (secondary N) is 1. The molecular weight excluding hydrogens is 486 g/mol. The van der Waals surface area contributed by atoms with Crippen LogP contribution in [-0.4, -0.2) is 77.2 Å². The van der Waals surface area contributed by atoms with Crippen molar-refractivity contribution in [1.29, 1.82) is 5.26 Å². The van der Waals surface area contributed by atoms with Gasteiger partial charge in [0.15, 0.2) is 6.61 Å². The fraction of sp³-hybridized carbons (Fsp3) is 0.423. The van der Waals surface area contributed by atoms with Gasteiger partial charge in [-0.25, -0.2) is 4.68 Å². The Kier molecular flexibility index (Phi) is 7.13. The minimum Gasteiger partial charge on any atom is -0.473 e. The van der Waals surface area contributed by atoms with Gasteiger partial charge in [0.2, 0.25) is 11.8 Å². The molecular formula is C26H31N9O3. The zero-order valence-corrected chi connectivity index (χ0v) is 22.0. The van der Waals surface area contributed by atoms with E-state index in [-0.39, 0.29) is 19.3 Å². The summed E-state index contributed by atoms with van der Waals surface area (Å²) in [6, 6.07) is 4.00. The maximum absolute atomic E-state index is 9.72. The lowest BCUT2D eigenvalue weighted by atomic mass is 10.1. The smallest absolute Gasteiger partial charge is 0.241 e. The Balaban J connectivity index is 1.71. The Morgan fingerprint density at radius 2 is 2.16 bits per heavy atom. The van der Waals surface area contributed by atoms with E-state index < -0.39 is 0 Å². The third kappa shape index (κ3) is 4.73. The van der Waals surface area contributed by atoms with Crippen molar-refractivity contribution >= 4 is 23.1 Å². The van der Waals surface area contributed by atoms with E-state index in [0.29, 0.717) is 31.4 Å². The number of aromatic nitrogens is 7. The van der Waals surface area contributed by atoms with Gasteiger partial charge in [0.05, 0.1) is 58.8 Å². The van der Waals surface area contributed by atoms with Crippen LogP contribution in [0.4, 0.5) is 0 Å². The number of nitriles is 1. The third-order valence-electron chi connectivity index (χ3n) is 6.61. The van der Waals surface area contributed by atoms with E-state index in [9.17, 15) is 5.11 Å². The predicted octanol–water partition coefficient (Wildman–Crippen LogP) is 2.53. The van der Waals surface area contributed by atoms with Gasteiger partial charge in [-0.3, -0.25) is 19.7 Å². The monoisotopic (exact) mass is 517 g/mol. The molecule has 1 unspecified atom stereocenters. The first-order valence-electron chi connectivity index (χ1n) is 12.6. The van der Waals surface area contributed by atoms with E-state index in [1.807, 2.05) is 45.2 Å². The lowest BCUT2D eigenvalue weighted by Crippen LogP contribution is -2.34. The molecule has 1 aliphatic rings. The molecule has 5 heterocycles. The minimum atomic E-state index is -0.163. The van der Waals surface area contributed by atoms with Crippen LogP contribution in [0, 0.1) is 18.3 Å². The highest BCUT2D eigenvalue weighted by Gasteiger charge is 2.24. The Bertz CT molecular complexity index is 1520. The molecule has 0 radical (unpaired) electrons. The summed E-state index contributed by atoms with van der Waals surface area (Å²) in [6.07, 6.45) is 5.41. The number of fused-ring (bicyclic) bond motifs is 4. The van der Waals surface area contributed by atoms with E-state index in [1.165, 1.54) is 0 Å². The van der Waals surface area contributed by atoms with E-state index in [2.05, 4.69) is 37.2 Å². The number of aliphatic hydroxyl groups excluding tert-OH is 1. The number of likely N-dealkylation sites (N-methyl/N-ethyl adjacent to an activating group) is 1. The van der Waals surface area contributed by atoms with Gasteiger partial charge in [0.1, 0.15) is 12.2 Å². The number of H-pyrrole nitrogens is 1. The standard InChI is InChI=1S/C26H31N9O3/c1-5-34-14-16(2)38-26-24(17(3)31-33(26)4)21-12-19-20(29-30-22(19)13-28-21)7-6-18-23(15-34)35(9-10-36)32-25(18)37-11-8-27/h6-7,12-13,16,36H,5,9-11,14-15H2,1-4H3,(H,29,30)/b7-6+. The van der Waals surface area contributed by atoms with Crippen LogP contribution in [0.25, 0.3) is 34.3 Å². The average Bonchev–Trinajstić information content (AvgIpc) is 3.53. The van der Waals surface area contributed by atoms with Crippen LogP contribution >= 0.6 is 0 Å². The Hall–Kier alpha value is -4.21. The van der Waals surface area contributed by atoms with Crippen molar-refractivity contribution in [2.75, 3.05) is 26.3 Å². The van der Waals surface area contributed by atoms with Crippen molar-refractivity contribution < 1.29 is 14.6 Å². The number of aryl methyl sites for hydroxylation is 2. The lowest BCUT2D eigenvalue weighted by Gasteiger charge is -2.25. The second-order valence-electron chi connectivity index (χ2n) is 9.26. The zero-order valence-electron chi connectivity index (χ0n) is 22.0. The number of rotatable bonds is 5. The van der Waals surface area contributed by atoms with Gasteiger partial charge >= 0.3 is 0 Å². The number of ether oxygens (including phenoxy) is 2. The molecule has 4 aromatic rings. The fourth-order valence-corrected chi connectivity index (χ4v) is 4.85. The van der Waals surface area contributed by atoms with Crippen molar-refractivity contribution in [2.45, 2.75) is 40.0 Å². The van der Waals surface area contributed by atoms with Gasteiger partial charge < -0.3 is 14.6 Å². The zero-order chi connectivity index (χ0) is 26.8. The van der Waals surface area contributed by atoms with E-state index in [1.54, 1.807) is 15.6 Å². The van der Waals surface area contributed by atoms with Gasteiger partial charge in [0, 0.05) is 25.5 Å². The van der Waals surface area contributed by atoms with Crippen molar-refractivity contribution in [2.24, 2.45) is 7.05 Å². The maximum atomic E-state index is 9.72. The van der Waals surface area contributed by atoms with Crippen LogP contribution in [-0.2, 0) is 20.1 Å². The van der Waals surface area contributed by atoms with Crippen molar-refractivity contribution in [3.63, 3.8) is 0 Å². The van der Waals surface area contributed by atoms with Gasteiger partial charge in [-0.05, 0) is 38.6 Å². The third-order valence-corrected chi connectivity index (χ3v) is 6.61. The molecule has 0 aromatic carbocycles. The summed E-state index contributed by atoms with van der Waals surface area (Å²) >= 11 is 0. The molecule has 0 spiro atoms. The van der Waals surface area contributed by atoms with Crippen LogP contribution in [0.5, 0.6) is 11.8 Å². The van der Waals surface area contributed by atoms with Gasteiger partial charge in [-0.1, -0.05) is 6.92 Å². The molecule has 2 bridgehead atoms. The first-order valence-corrected chi connectivity index (χ1v) is 12.6. The molecule has 1 atom stereocenters. The summed E-state index contributed by atoms with van der Waals surface area (Å²) in [4.78, 5) is 6.93. The minimum absolute atomic E-state index is 0.0798. The van der Waals surface area contributed by atoms with Crippen LogP contribution in [0.3, 0.4) is 0 Å². The molecule has 1 aliphatic heterocycles. The second-order valence-corrected chi connectivity index (χ2v) is 9.26. The number of aliphatic hydroxyl groups is 1. The Labute approximate surface area is 220 Å². The molecule has 0 saturated carbocycles. The largest absolute Gasteiger partial charge is 0.473 e. The Morgan fingerprint density at radius 3 is 2.92 bits per heavy atom. The quantitative estimate of drug-likeness (QED) is 0.408. The number of hydrogen-bond acceptors (Lipinski definition) is 9. The molecule has 198 valence electrons. The van der Waals surface area contributed by atoms with Crippen LogP contribution < -0.4 is 9.47 Å². The van der Waals surface area contributed by atoms with Gasteiger partial charge in [-0.2, -0.15) is 15.5 Å². The molecule has 5 rings (SSSR count). The molecule has 0 aliphatic carbocycles. The number of pyridine rings is 1. The summed E-state index contributed by atoms with van der Waals surface area (Å²) in [5.41, 5.74) is 5.55. The van der Waals surface area contributed by atoms with E-state index in [4.69, 9.17) is 14.7 Å². The molecule has 0 amide bonds. The van der Waals surface area contributed by atoms with Crippen LogP contribution in [0.1, 0.15) is 36.5 Å². The highest BCUT2D eigenvalue weighted by molar-refractivity contribution is 5.92. The van der Waals surface area contributed by atoms with Gasteiger partial charge in [0.25, 0.3) is 0 Å². The normalized spacial score (nSPS) is 16.8. The molecule has 12 heteroatoms. The molecule has 38 heavy (non-hydrogen) atoms. The van der Waals surface area contributed by atoms with E-state index in [0.717, 1.165) is 51.4 Å². The topological polar surface area (TPSA) is 143 Å². The fourth-order valence-electron chi connectivity index (χ4n) is 4.85. The van der Waals surface area contributed by atoms with E-state index >= 15 is 0 Å². The molecule has 12 nitrogen and oxygen atoms in total. The molecule has 2 N–H and O–H groups in total. The molecule has 0 saturated heterocycles. The van der Waals surface area contributed by atoms with Crippen LogP contribution in [0.15, 0.2) is 12.3 Å². The maximum Gasteiger partial charge on any atom is 0.241 e. The number of hydrogen-bond donors (Lipinski definition) is 2. The highest BCUT2D eigenvalue weighted by atomic mass is 16.5. The van der Waals surface area contributed by atoms with Crippen molar-refractivity contribution in [1.82, 2.24) is 39.6 Å². The lowest BCUT2D eigenvalue weighted by molar-refractivity contribution is 0.133. The van der Waals surface area contributed by atoms with Crippen molar-refractivity contribution in [3.8, 4) is 29.1 Å². The number of nitrogens with zero attached hydrogens (tertiary/aromatic N) is 8. The second kappa shape index (κ2) is 10.6.